The zero-order valence-electron chi connectivity index (χ0n) is 20.5. The number of nitrogens with zero attached hydrogens (tertiary/aromatic N) is 2. The Labute approximate surface area is 209 Å². The first-order valence-electron chi connectivity index (χ1n) is 12.9. The van der Waals surface area contributed by atoms with E-state index in [1.54, 1.807) is 0 Å². The van der Waals surface area contributed by atoms with E-state index in [2.05, 4.69) is 97.3 Å². The lowest BCUT2D eigenvalue weighted by Gasteiger charge is -2.21. The molecule has 2 N–H and O–H groups in total. The predicted molar refractivity (Wildman–Crippen MR) is 148 cm³/mol. The number of para-hydroxylation sites is 2. The van der Waals surface area contributed by atoms with Gasteiger partial charge in [0.25, 0.3) is 0 Å². The zero-order chi connectivity index (χ0) is 24.1. The molecule has 8 rings (SSSR count). The summed E-state index contributed by atoms with van der Waals surface area (Å²) in [5, 5.41) is 3.73. The van der Waals surface area contributed by atoms with Crippen LogP contribution in [0.1, 0.15) is 42.5 Å². The van der Waals surface area contributed by atoms with Crippen LogP contribution < -0.4 is 5.84 Å². The van der Waals surface area contributed by atoms with Crippen LogP contribution >= 0.6 is 0 Å². The van der Waals surface area contributed by atoms with E-state index in [-0.39, 0.29) is 5.92 Å². The molecule has 176 valence electrons. The fraction of sp³-hybridized carbons (Fsp3) is 0.188. The lowest BCUT2D eigenvalue weighted by atomic mass is 9.84. The van der Waals surface area contributed by atoms with Gasteiger partial charge >= 0.3 is 0 Å². The molecule has 4 heteroatoms. The van der Waals surface area contributed by atoms with E-state index in [4.69, 9.17) is 10.3 Å². The second-order valence-corrected chi connectivity index (χ2v) is 10.6. The van der Waals surface area contributed by atoms with Crippen molar-refractivity contribution in [3.8, 4) is 16.8 Å². The van der Waals surface area contributed by atoms with Gasteiger partial charge in [-0.05, 0) is 49.1 Å². The largest absolute Gasteiger partial charge is 0.460 e. The van der Waals surface area contributed by atoms with Crippen LogP contribution in [-0.4, -0.2) is 9.24 Å². The van der Waals surface area contributed by atoms with Crippen molar-refractivity contribution >= 4 is 38.9 Å². The smallest absolute Gasteiger partial charge is 0.134 e. The van der Waals surface area contributed by atoms with Crippen molar-refractivity contribution in [2.75, 3.05) is 5.84 Å². The predicted octanol–water partition coefficient (Wildman–Crippen LogP) is 7.58. The zero-order valence-corrected chi connectivity index (χ0v) is 20.5. The quantitative estimate of drug-likeness (QED) is 0.252. The summed E-state index contributed by atoms with van der Waals surface area (Å²) in [7, 11) is 0. The van der Waals surface area contributed by atoms with E-state index in [1.165, 1.54) is 55.4 Å². The molecule has 2 aliphatic rings. The average Bonchev–Trinajstić information content (AvgIpc) is 3.53. The molecule has 0 radical (unpaired) electrons. The Morgan fingerprint density at radius 3 is 2.44 bits per heavy atom. The molecule has 2 aliphatic carbocycles. The van der Waals surface area contributed by atoms with Crippen LogP contribution in [0.5, 0.6) is 0 Å². The number of aromatic nitrogens is 2. The summed E-state index contributed by atoms with van der Waals surface area (Å²) in [4.78, 5) is 0. The van der Waals surface area contributed by atoms with Gasteiger partial charge in [-0.1, -0.05) is 62.4 Å². The molecule has 3 aromatic carbocycles. The Balaban J connectivity index is 1.62. The Hall–Kier alpha value is -4.18. The maximum absolute atomic E-state index is 6.75. The lowest BCUT2D eigenvalue weighted by molar-refractivity contribution is 0.498. The second-order valence-electron chi connectivity index (χ2n) is 10.6. The Bertz CT molecular complexity index is 1880. The molecule has 3 aromatic heterocycles. The van der Waals surface area contributed by atoms with Crippen molar-refractivity contribution in [3.63, 3.8) is 0 Å². The molecule has 0 aliphatic heterocycles. The third kappa shape index (κ3) is 2.44. The first-order valence-corrected chi connectivity index (χ1v) is 12.9. The first-order chi connectivity index (χ1) is 17.6. The standard InChI is InChI=1S/C32H27N3O/c1-18-12-13-21-25(16-18)35(33)24-15-14-23-30(28(21)24)31-26(34(23)20-8-4-3-5-9-20)17-19(2)32-29(31)22-10-6-7-11-27(22)36-32/h3-15,18-19H,16-17,33H2,1-2H3/t18-,19?/m1/s1. The molecule has 3 heterocycles. The van der Waals surface area contributed by atoms with Gasteiger partial charge in [-0.3, -0.25) is 4.68 Å². The van der Waals surface area contributed by atoms with Crippen molar-refractivity contribution in [2.45, 2.75) is 32.6 Å². The summed E-state index contributed by atoms with van der Waals surface area (Å²) >= 11 is 0. The first kappa shape index (κ1) is 20.1. The molecular weight excluding hydrogens is 442 g/mol. The monoisotopic (exact) mass is 469 g/mol. The number of nitrogens with two attached hydrogens (primary N) is 1. The molecule has 0 bridgehead atoms. The molecule has 1 unspecified atom stereocenters. The highest BCUT2D eigenvalue weighted by Gasteiger charge is 2.35. The van der Waals surface area contributed by atoms with Crippen LogP contribution in [0.2, 0.25) is 0 Å². The third-order valence-electron chi connectivity index (χ3n) is 8.28. The number of rotatable bonds is 1. The van der Waals surface area contributed by atoms with Crippen molar-refractivity contribution < 1.29 is 4.42 Å². The minimum atomic E-state index is 0.288. The highest BCUT2D eigenvalue weighted by molar-refractivity contribution is 6.20. The number of fused-ring (bicyclic) bond motifs is 11. The Morgan fingerprint density at radius 2 is 1.58 bits per heavy atom. The molecule has 2 atom stereocenters. The maximum Gasteiger partial charge on any atom is 0.134 e. The summed E-state index contributed by atoms with van der Waals surface area (Å²) in [6, 6.07) is 23.7. The minimum absolute atomic E-state index is 0.288. The van der Waals surface area contributed by atoms with Gasteiger partial charge in [-0.2, -0.15) is 0 Å². The summed E-state index contributed by atoms with van der Waals surface area (Å²) in [6.07, 6.45) is 6.49. The SMILES string of the molecule is CC1Cc2c(c3c4c5c(n(N)c4ccc3n2-c2ccccc2)C[C@H](C)C=C5)-c2c1oc1ccccc21. The van der Waals surface area contributed by atoms with Gasteiger partial charge in [0.05, 0.1) is 11.0 Å². The van der Waals surface area contributed by atoms with E-state index < -0.39 is 0 Å². The summed E-state index contributed by atoms with van der Waals surface area (Å²) in [6.45, 7) is 4.54. The number of hydrogen-bond acceptors (Lipinski definition) is 2. The number of furan rings is 1. The molecule has 6 aromatic rings. The number of nitrogen functional groups attached to an aromatic ring is 1. The Morgan fingerprint density at radius 1 is 0.806 bits per heavy atom. The molecule has 4 nitrogen and oxygen atoms in total. The van der Waals surface area contributed by atoms with Gasteiger partial charge in [0.15, 0.2) is 0 Å². The van der Waals surface area contributed by atoms with Crippen molar-refractivity contribution in [1.82, 2.24) is 9.24 Å². The molecule has 0 saturated carbocycles. The van der Waals surface area contributed by atoms with Crippen LogP contribution in [0.25, 0.3) is 55.7 Å². The van der Waals surface area contributed by atoms with Crippen LogP contribution in [0.3, 0.4) is 0 Å². The summed E-state index contributed by atoms with van der Waals surface area (Å²) in [5.74, 6) is 8.61. The molecule has 0 spiro atoms. The second kappa shape index (κ2) is 6.94. The van der Waals surface area contributed by atoms with Crippen LogP contribution in [0.4, 0.5) is 0 Å². The fourth-order valence-electron chi connectivity index (χ4n) is 6.72. The average molecular weight is 470 g/mol. The lowest BCUT2D eigenvalue weighted by Crippen LogP contribution is -2.15. The number of allylic oxidation sites excluding steroid dienone is 1. The summed E-state index contributed by atoms with van der Waals surface area (Å²) < 4.78 is 10.9. The van der Waals surface area contributed by atoms with E-state index in [1.807, 2.05) is 4.68 Å². The number of hydrogen-bond donors (Lipinski definition) is 1. The van der Waals surface area contributed by atoms with E-state index in [0.29, 0.717) is 5.92 Å². The van der Waals surface area contributed by atoms with Gasteiger partial charge in [-0.25, -0.2) is 0 Å². The van der Waals surface area contributed by atoms with Gasteiger partial charge < -0.3 is 14.8 Å². The van der Waals surface area contributed by atoms with Gasteiger partial charge in [0.2, 0.25) is 0 Å². The maximum atomic E-state index is 6.75. The molecule has 0 saturated heterocycles. The molecule has 0 fully saturated rings. The third-order valence-corrected chi connectivity index (χ3v) is 8.28. The Kier molecular flexibility index (Phi) is 3.87. The molecular formula is C32H27N3O. The van der Waals surface area contributed by atoms with Crippen LogP contribution in [-0.2, 0) is 12.8 Å². The fourth-order valence-corrected chi connectivity index (χ4v) is 6.72. The summed E-state index contributed by atoms with van der Waals surface area (Å²) in [5.41, 5.74) is 10.8. The van der Waals surface area contributed by atoms with Crippen molar-refractivity contribution in [1.29, 1.82) is 0 Å². The topological polar surface area (TPSA) is 49.0 Å². The van der Waals surface area contributed by atoms with Crippen molar-refractivity contribution in [3.05, 3.63) is 95.5 Å². The highest BCUT2D eigenvalue weighted by Crippen LogP contribution is 2.52. The van der Waals surface area contributed by atoms with E-state index >= 15 is 0 Å². The molecule has 36 heavy (non-hydrogen) atoms. The molecule has 0 amide bonds. The normalized spacial score (nSPS) is 18.6. The number of benzene rings is 3. The minimum Gasteiger partial charge on any atom is -0.460 e. The van der Waals surface area contributed by atoms with E-state index in [0.717, 1.165) is 29.7 Å². The van der Waals surface area contributed by atoms with Gasteiger partial charge in [-0.15, -0.1) is 0 Å². The van der Waals surface area contributed by atoms with Crippen molar-refractivity contribution in [2.24, 2.45) is 5.92 Å². The highest BCUT2D eigenvalue weighted by atomic mass is 16.3. The van der Waals surface area contributed by atoms with Gasteiger partial charge in [0.1, 0.15) is 11.3 Å². The van der Waals surface area contributed by atoms with Crippen LogP contribution in [0, 0.1) is 5.92 Å². The van der Waals surface area contributed by atoms with Gasteiger partial charge in [0, 0.05) is 55.8 Å². The van der Waals surface area contributed by atoms with E-state index in [9.17, 15) is 0 Å². The van der Waals surface area contributed by atoms with Crippen LogP contribution in [0.15, 0.2) is 77.2 Å².